The van der Waals surface area contributed by atoms with E-state index in [0.717, 1.165) is 31.5 Å². The van der Waals surface area contributed by atoms with E-state index in [1.165, 1.54) is 0 Å². The molecule has 1 aliphatic heterocycles. The fourth-order valence-electron chi connectivity index (χ4n) is 3.91. The molecule has 1 aromatic carbocycles. The molecule has 1 unspecified atom stereocenters. The first-order valence-electron chi connectivity index (χ1n) is 10.8. The Morgan fingerprint density at radius 2 is 2.06 bits per heavy atom. The number of likely N-dealkylation sites (tertiary alicyclic amines) is 1. The van der Waals surface area contributed by atoms with Crippen LogP contribution in [0, 0.1) is 5.41 Å². The molecule has 1 aliphatic rings. The molecule has 3 rings (SSSR count). The number of hydrogen-bond donors (Lipinski definition) is 1. The van der Waals surface area contributed by atoms with Crippen LogP contribution in [0.3, 0.4) is 0 Å². The number of carbonyl (C=O) groups is 1. The first-order valence-corrected chi connectivity index (χ1v) is 11.2. The molecule has 8 heteroatoms. The predicted molar refractivity (Wildman–Crippen MR) is 132 cm³/mol. The number of nitrogens with one attached hydrogen (secondary N) is 1. The van der Waals surface area contributed by atoms with Gasteiger partial charge in [0.05, 0.1) is 11.6 Å². The Morgan fingerprint density at radius 3 is 2.69 bits per heavy atom. The minimum Gasteiger partial charge on any atom is -0.337 e. The number of aliphatic imine (C=N–C) groups is 1. The van der Waals surface area contributed by atoms with E-state index in [1.54, 1.807) is 19.2 Å². The molecule has 1 N–H and O–H groups in total. The van der Waals surface area contributed by atoms with Crippen molar-refractivity contribution in [2.24, 2.45) is 4.99 Å². The fraction of sp³-hybridized carbons (Fsp3) is 0.417. The Balaban J connectivity index is 1.96. The molecule has 0 bridgehead atoms. The van der Waals surface area contributed by atoms with Gasteiger partial charge in [-0.25, -0.2) is 9.67 Å². The maximum absolute atomic E-state index is 12.7. The van der Waals surface area contributed by atoms with Crippen molar-refractivity contribution in [1.29, 1.82) is 5.41 Å². The van der Waals surface area contributed by atoms with Gasteiger partial charge in [-0.05, 0) is 52.9 Å². The highest BCUT2D eigenvalue weighted by atomic mass is 35.5. The van der Waals surface area contributed by atoms with E-state index in [2.05, 4.69) is 4.99 Å². The second-order valence-electron chi connectivity index (χ2n) is 8.26. The van der Waals surface area contributed by atoms with Gasteiger partial charge in [-0.2, -0.15) is 5.10 Å². The molecule has 0 spiro atoms. The zero-order valence-electron chi connectivity index (χ0n) is 19.2. The average Bonchev–Trinajstić information content (AvgIpc) is 3.14. The third-order valence-electron chi connectivity index (χ3n) is 5.41. The van der Waals surface area contributed by atoms with Crippen LogP contribution in [-0.2, 0) is 4.79 Å². The number of hydrogen-bond acceptors (Lipinski definition) is 5. The van der Waals surface area contributed by atoms with Gasteiger partial charge >= 0.3 is 0 Å². The summed E-state index contributed by atoms with van der Waals surface area (Å²) in [5.74, 6) is 0.679. The fourth-order valence-corrected chi connectivity index (χ4v) is 4.03. The van der Waals surface area contributed by atoms with Crippen LogP contribution in [0.5, 0.6) is 0 Å². The smallest absolute Gasteiger partial charge is 0.246 e. The minimum absolute atomic E-state index is 0.00667. The summed E-state index contributed by atoms with van der Waals surface area (Å²) in [5.41, 5.74) is 2.71. The highest BCUT2D eigenvalue weighted by Gasteiger charge is 2.29. The largest absolute Gasteiger partial charge is 0.337 e. The van der Waals surface area contributed by atoms with Crippen LogP contribution < -0.4 is 0 Å². The van der Waals surface area contributed by atoms with Crippen molar-refractivity contribution in [1.82, 2.24) is 19.6 Å². The molecule has 1 atom stereocenters. The lowest BCUT2D eigenvalue weighted by molar-refractivity contribution is -0.127. The van der Waals surface area contributed by atoms with Crippen molar-refractivity contribution in [3.8, 4) is 11.3 Å². The summed E-state index contributed by atoms with van der Waals surface area (Å²) in [6.45, 7) is 5.63. The number of amides is 1. The lowest BCUT2D eigenvalue weighted by atomic mass is 10.0. The number of rotatable bonds is 7. The molecule has 0 aliphatic carbocycles. The van der Waals surface area contributed by atoms with E-state index < -0.39 is 0 Å². The summed E-state index contributed by atoms with van der Waals surface area (Å²) in [7, 11) is 3.95. The molecule has 1 saturated heterocycles. The van der Waals surface area contributed by atoms with Gasteiger partial charge < -0.3 is 15.2 Å². The van der Waals surface area contributed by atoms with Crippen LogP contribution >= 0.6 is 11.6 Å². The quantitative estimate of drug-likeness (QED) is 0.490. The predicted octanol–water partition coefficient (Wildman–Crippen LogP) is 4.59. The summed E-state index contributed by atoms with van der Waals surface area (Å²) >= 11 is 6.07. The van der Waals surface area contributed by atoms with Gasteiger partial charge in [0, 0.05) is 48.2 Å². The molecule has 1 fully saturated rings. The molecule has 2 aromatic rings. The van der Waals surface area contributed by atoms with E-state index in [9.17, 15) is 4.79 Å². The number of aromatic nitrogens is 2. The number of halogens is 1. The number of benzene rings is 1. The van der Waals surface area contributed by atoms with Gasteiger partial charge in [0.15, 0.2) is 5.82 Å². The standard InChI is InChI=1S/C24H31ClN6O/c1-5-27-24-22(17(2)26)23(18-10-12-19(25)13-11-18)28-31(24)20-8-6-15-30(16-20)21(32)9-7-14-29(3)4/h5,7,9-13,20,26H,6,8,14-16H2,1-4H3. The van der Waals surface area contributed by atoms with Gasteiger partial charge in [0.1, 0.15) is 5.69 Å². The van der Waals surface area contributed by atoms with Gasteiger partial charge in [0.25, 0.3) is 0 Å². The number of carbonyl (C=O) groups excluding carboxylic acids is 1. The normalized spacial score (nSPS) is 17.1. The van der Waals surface area contributed by atoms with Crippen LogP contribution in [-0.4, -0.2) is 71.1 Å². The zero-order valence-corrected chi connectivity index (χ0v) is 19.9. The summed E-state index contributed by atoms with van der Waals surface area (Å²) in [6, 6.07) is 7.46. The monoisotopic (exact) mass is 454 g/mol. The molecule has 0 radical (unpaired) electrons. The topological polar surface area (TPSA) is 77.6 Å². The molecule has 32 heavy (non-hydrogen) atoms. The third-order valence-corrected chi connectivity index (χ3v) is 5.67. The number of piperidine rings is 1. The Bertz CT molecular complexity index is 1020. The van der Waals surface area contributed by atoms with Crippen molar-refractivity contribution < 1.29 is 4.79 Å². The maximum Gasteiger partial charge on any atom is 0.246 e. The Kier molecular flexibility index (Phi) is 7.99. The second kappa shape index (κ2) is 10.7. The molecule has 1 aromatic heterocycles. The van der Waals surface area contributed by atoms with Crippen molar-refractivity contribution in [3.63, 3.8) is 0 Å². The van der Waals surface area contributed by atoms with E-state index in [1.807, 2.05) is 65.8 Å². The highest BCUT2D eigenvalue weighted by Crippen LogP contribution is 2.36. The Labute approximate surface area is 194 Å². The molecular weight excluding hydrogens is 424 g/mol. The van der Waals surface area contributed by atoms with Gasteiger partial charge in [0.2, 0.25) is 5.91 Å². The second-order valence-corrected chi connectivity index (χ2v) is 8.69. The molecule has 1 amide bonds. The zero-order chi connectivity index (χ0) is 23.3. The van der Waals surface area contributed by atoms with Gasteiger partial charge in [-0.3, -0.25) is 4.79 Å². The van der Waals surface area contributed by atoms with Crippen molar-refractivity contribution in [3.05, 3.63) is 47.0 Å². The molecular formula is C24H31ClN6O. The SMILES string of the molecule is CC=Nc1c(C(C)=N)c(-c2ccc(Cl)cc2)nn1C1CCCN(C(=O)C=CCN(C)C)C1. The molecule has 0 saturated carbocycles. The van der Waals surface area contributed by atoms with E-state index in [0.29, 0.717) is 34.4 Å². The molecule has 2 heterocycles. The van der Waals surface area contributed by atoms with Crippen molar-refractivity contribution in [2.45, 2.75) is 32.7 Å². The summed E-state index contributed by atoms with van der Waals surface area (Å²) in [5, 5.41) is 14.0. The van der Waals surface area contributed by atoms with Crippen LogP contribution in [0.25, 0.3) is 11.3 Å². The number of nitrogens with zero attached hydrogens (tertiary/aromatic N) is 5. The van der Waals surface area contributed by atoms with Crippen LogP contribution in [0.2, 0.25) is 5.02 Å². The summed E-state index contributed by atoms with van der Waals surface area (Å²) in [6.07, 6.45) is 7.06. The minimum atomic E-state index is -0.00667. The lowest BCUT2D eigenvalue weighted by Crippen LogP contribution is -2.40. The maximum atomic E-state index is 12.7. The lowest BCUT2D eigenvalue weighted by Gasteiger charge is -2.32. The number of likely N-dealkylation sites (N-methyl/N-ethyl adjacent to an activating group) is 1. The summed E-state index contributed by atoms with van der Waals surface area (Å²) in [4.78, 5) is 21.2. The van der Waals surface area contributed by atoms with Gasteiger partial charge in [-0.1, -0.05) is 29.8 Å². The summed E-state index contributed by atoms with van der Waals surface area (Å²) < 4.78 is 1.90. The van der Waals surface area contributed by atoms with E-state index >= 15 is 0 Å². The van der Waals surface area contributed by atoms with Crippen LogP contribution in [0.1, 0.15) is 38.3 Å². The highest BCUT2D eigenvalue weighted by molar-refractivity contribution is 6.30. The van der Waals surface area contributed by atoms with Crippen LogP contribution in [0.4, 0.5) is 5.82 Å². The van der Waals surface area contributed by atoms with Gasteiger partial charge in [-0.15, -0.1) is 0 Å². The first-order chi connectivity index (χ1) is 15.3. The van der Waals surface area contributed by atoms with Crippen LogP contribution in [0.15, 0.2) is 41.4 Å². The van der Waals surface area contributed by atoms with Crippen molar-refractivity contribution >= 4 is 35.3 Å². The van der Waals surface area contributed by atoms with Crippen molar-refractivity contribution in [2.75, 3.05) is 33.7 Å². The average molecular weight is 455 g/mol. The molecule has 170 valence electrons. The Morgan fingerprint density at radius 1 is 1.34 bits per heavy atom. The first kappa shape index (κ1) is 23.9. The third kappa shape index (κ3) is 5.53. The van der Waals surface area contributed by atoms with E-state index in [4.69, 9.17) is 22.1 Å². The molecule has 7 nitrogen and oxygen atoms in total. The van der Waals surface area contributed by atoms with E-state index in [-0.39, 0.29) is 11.9 Å². The Hall–Kier alpha value is -2.77.